The van der Waals surface area contributed by atoms with Gasteiger partial charge in [-0.3, -0.25) is 14.4 Å². The van der Waals surface area contributed by atoms with Crippen LogP contribution in [0.25, 0.3) is 0 Å². The average molecular weight is 614 g/mol. The number of hydrogen-bond acceptors (Lipinski definition) is 6. The number of anilines is 2. The van der Waals surface area contributed by atoms with Crippen molar-refractivity contribution in [2.75, 3.05) is 36.9 Å². The van der Waals surface area contributed by atoms with Crippen molar-refractivity contribution in [3.63, 3.8) is 0 Å². The minimum absolute atomic E-state index is 0.0290. The summed E-state index contributed by atoms with van der Waals surface area (Å²) in [5, 5.41) is 9.25. The molecule has 1 aromatic heterocycles. The van der Waals surface area contributed by atoms with E-state index in [2.05, 4.69) is 20.9 Å². The number of carbonyl (C=O) groups excluding carboxylic acids is 3. The zero-order valence-corrected chi connectivity index (χ0v) is 24.6. The molecule has 3 amide bonds. The van der Waals surface area contributed by atoms with E-state index in [0.717, 1.165) is 35.6 Å². The Balaban J connectivity index is 1.03. The van der Waals surface area contributed by atoms with Crippen molar-refractivity contribution in [3.8, 4) is 0 Å². The smallest absolute Gasteiger partial charge is 0.244 e. The molecule has 2 atom stereocenters. The highest BCUT2D eigenvalue weighted by Crippen LogP contribution is 2.56. The average Bonchev–Trinajstić information content (AvgIpc) is 3.51. The first-order valence-electron chi connectivity index (χ1n) is 15.5. The first-order valence-corrected chi connectivity index (χ1v) is 15.5. The first-order chi connectivity index (χ1) is 21.7. The maximum atomic E-state index is 14.3. The molecule has 11 heteroatoms. The van der Waals surface area contributed by atoms with Gasteiger partial charge in [-0.15, -0.1) is 0 Å². The maximum Gasteiger partial charge on any atom is 0.244 e. The standard InChI is InChI=1S/C34H33F2N5O4/c35-23-10-21(11-24(36)13-23)27-16-38-34(18-32(19-34)5-8-45-9-6-32)31(44)41(27)17-28(42)39-25-4-3-20-14-33(15-22(20)12-25)26-2-1-7-37-29(26)40-30(33)43/h1-4,7,10-13,27,38H,5-6,8-9,14-19H2,(H,39,42)(H,37,40,43). The number of hydrogen-bond donors (Lipinski definition) is 3. The summed E-state index contributed by atoms with van der Waals surface area (Å²) in [5.74, 6) is -1.62. The SMILES string of the molecule is O=C(CN1C(=O)C2(CC3(CCOCC3)C2)NCC1c1cc(F)cc(F)c1)Nc1ccc2c(c1)CC1(C2)C(=O)Nc2ncccc21. The van der Waals surface area contributed by atoms with E-state index in [-0.39, 0.29) is 30.3 Å². The van der Waals surface area contributed by atoms with Crippen molar-refractivity contribution < 1.29 is 27.9 Å². The van der Waals surface area contributed by atoms with Crippen LogP contribution in [0.15, 0.2) is 54.7 Å². The molecule has 3 fully saturated rings. The van der Waals surface area contributed by atoms with Crippen LogP contribution < -0.4 is 16.0 Å². The van der Waals surface area contributed by atoms with Gasteiger partial charge in [-0.2, -0.15) is 0 Å². The van der Waals surface area contributed by atoms with Crippen LogP contribution in [0.1, 0.15) is 54.0 Å². The fourth-order valence-electron chi connectivity index (χ4n) is 8.50. The lowest BCUT2D eigenvalue weighted by Gasteiger charge is -2.60. The van der Waals surface area contributed by atoms with E-state index in [1.165, 1.54) is 17.0 Å². The summed E-state index contributed by atoms with van der Waals surface area (Å²) >= 11 is 0. The van der Waals surface area contributed by atoms with Crippen molar-refractivity contribution in [2.24, 2.45) is 5.41 Å². The number of fused-ring (bicyclic) bond motifs is 3. The third-order valence-electron chi connectivity index (χ3n) is 10.6. The van der Waals surface area contributed by atoms with Crippen LogP contribution in [0.5, 0.6) is 0 Å². The number of nitrogens with one attached hydrogen (secondary N) is 3. The second-order valence-electron chi connectivity index (χ2n) is 13.4. The van der Waals surface area contributed by atoms with Crippen molar-refractivity contribution in [3.05, 3.63) is 88.6 Å². The number of benzene rings is 2. The van der Waals surface area contributed by atoms with E-state index in [9.17, 15) is 23.2 Å². The van der Waals surface area contributed by atoms with E-state index >= 15 is 0 Å². The van der Waals surface area contributed by atoms with Crippen molar-refractivity contribution in [1.82, 2.24) is 15.2 Å². The lowest BCUT2D eigenvalue weighted by atomic mass is 9.53. The molecule has 3 N–H and O–H groups in total. The molecule has 8 rings (SSSR count). The number of piperazine rings is 1. The molecule has 1 saturated carbocycles. The molecule has 232 valence electrons. The Morgan fingerprint density at radius 2 is 1.78 bits per heavy atom. The number of nitrogens with zero attached hydrogens (tertiary/aromatic N) is 2. The van der Waals surface area contributed by atoms with Crippen LogP contribution in [0.4, 0.5) is 20.3 Å². The Morgan fingerprint density at radius 3 is 2.56 bits per heavy atom. The predicted molar refractivity (Wildman–Crippen MR) is 160 cm³/mol. The Labute approximate surface area is 258 Å². The summed E-state index contributed by atoms with van der Waals surface area (Å²) in [6, 6.07) is 11.9. The molecule has 4 heterocycles. The van der Waals surface area contributed by atoms with Gasteiger partial charge in [0.1, 0.15) is 24.0 Å². The molecular formula is C34H33F2N5O4. The summed E-state index contributed by atoms with van der Waals surface area (Å²) in [4.78, 5) is 46.6. The lowest BCUT2D eigenvalue weighted by Crippen LogP contribution is -2.73. The van der Waals surface area contributed by atoms with Crippen molar-refractivity contribution >= 4 is 29.2 Å². The number of halogens is 2. The molecule has 3 aliphatic heterocycles. The summed E-state index contributed by atoms with van der Waals surface area (Å²) in [6.45, 7) is 1.33. The van der Waals surface area contributed by atoms with E-state index in [1.54, 1.807) is 12.3 Å². The number of aromatic nitrogens is 1. The van der Waals surface area contributed by atoms with Gasteiger partial charge in [0.25, 0.3) is 0 Å². The van der Waals surface area contributed by atoms with Crippen LogP contribution in [0.3, 0.4) is 0 Å². The normalized spacial score (nSPS) is 25.6. The molecule has 5 aliphatic rings. The molecular weight excluding hydrogens is 580 g/mol. The van der Waals surface area contributed by atoms with Gasteiger partial charge in [-0.25, -0.2) is 13.8 Å². The molecule has 3 aromatic rings. The highest BCUT2D eigenvalue weighted by Gasteiger charge is 2.62. The van der Waals surface area contributed by atoms with Crippen LogP contribution in [0.2, 0.25) is 0 Å². The molecule has 2 unspecified atom stereocenters. The Kier molecular flexibility index (Phi) is 6.37. The van der Waals surface area contributed by atoms with Gasteiger partial charge in [0.2, 0.25) is 17.7 Å². The highest BCUT2D eigenvalue weighted by atomic mass is 19.1. The van der Waals surface area contributed by atoms with E-state index < -0.39 is 34.5 Å². The summed E-state index contributed by atoms with van der Waals surface area (Å²) in [5.41, 5.74) is 2.20. The third kappa shape index (κ3) is 4.54. The van der Waals surface area contributed by atoms with Gasteiger partial charge in [0, 0.05) is 43.3 Å². The quantitative estimate of drug-likeness (QED) is 0.413. The predicted octanol–water partition coefficient (Wildman–Crippen LogP) is 3.79. The molecule has 2 aromatic carbocycles. The Hall–Kier alpha value is -4.22. The Bertz CT molecular complexity index is 1730. The lowest BCUT2D eigenvalue weighted by molar-refractivity contribution is -0.166. The number of rotatable bonds is 4. The summed E-state index contributed by atoms with van der Waals surface area (Å²) in [7, 11) is 0. The van der Waals surface area contributed by atoms with Gasteiger partial charge in [0.05, 0.1) is 17.0 Å². The zero-order valence-electron chi connectivity index (χ0n) is 24.6. The minimum Gasteiger partial charge on any atom is -0.381 e. The van der Waals surface area contributed by atoms with Gasteiger partial charge in [0.15, 0.2) is 0 Å². The number of pyridine rings is 1. The Morgan fingerprint density at radius 1 is 1.02 bits per heavy atom. The molecule has 45 heavy (non-hydrogen) atoms. The first kappa shape index (κ1) is 28.3. The van der Waals surface area contributed by atoms with Gasteiger partial charge < -0.3 is 25.6 Å². The van der Waals surface area contributed by atoms with Crippen LogP contribution >= 0.6 is 0 Å². The second kappa shape index (κ2) is 10.1. The van der Waals surface area contributed by atoms with Crippen LogP contribution in [-0.2, 0) is 37.4 Å². The highest BCUT2D eigenvalue weighted by molar-refractivity contribution is 6.06. The largest absolute Gasteiger partial charge is 0.381 e. The molecule has 0 radical (unpaired) electrons. The summed E-state index contributed by atoms with van der Waals surface area (Å²) < 4.78 is 34.1. The number of carbonyl (C=O) groups is 3. The third-order valence-corrected chi connectivity index (χ3v) is 10.6. The number of amides is 3. The number of ether oxygens (including phenoxy) is 1. The van der Waals surface area contributed by atoms with Gasteiger partial charge >= 0.3 is 0 Å². The van der Waals surface area contributed by atoms with Crippen LogP contribution in [-0.4, -0.2) is 59.4 Å². The maximum absolute atomic E-state index is 14.3. The van der Waals surface area contributed by atoms with Crippen molar-refractivity contribution in [2.45, 2.75) is 55.5 Å². The van der Waals surface area contributed by atoms with Gasteiger partial charge in [-0.1, -0.05) is 12.1 Å². The zero-order chi connectivity index (χ0) is 31.0. The second-order valence-corrected chi connectivity index (χ2v) is 13.4. The van der Waals surface area contributed by atoms with E-state index in [4.69, 9.17) is 4.74 Å². The summed E-state index contributed by atoms with van der Waals surface area (Å²) in [6.07, 6.45) is 5.72. The van der Waals surface area contributed by atoms with Crippen molar-refractivity contribution in [1.29, 1.82) is 0 Å². The van der Waals surface area contributed by atoms with E-state index in [1.807, 2.05) is 24.3 Å². The molecule has 0 bridgehead atoms. The molecule has 2 saturated heterocycles. The molecule has 2 aliphatic carbocycles. The fourth-order valence-corrected chi connectivity index (χ4v) is 8.50. The van der Waals surface area contributed by atoms with E-state index in [0.29, 0.717) is 56.0 Å². The topological polar surface area (TPSA) is 113 Å². The van der Waals surface area contributed by atoms with Gasteiger partial charge in [-0.05, 0) is 91.0 Å². The minimum atomic E-state index is -0.811. The fraction of sp³-hybridized carbons (Fsp3) is 0.412. The molecule has 9 nitrogen and oxygen atoms in total. The monoisotopic (exact) mass is 613 g/mol. The van der Waals surface area contributed by atoms with Crippen LogP contribution in [0, 0.1) is 17.0 Å². The molecule has 3 spiro atoms.